The summed E-state index contributed by atoms with van der Waals surface area (Å²) in [6.07, 6.45) is 5.02. The van der Waals surface area contributed by atoms with E-state index < -0.39 is 0 Å². The third kappa shape index (κ3) is 2.83. The summed E-state index contributed by atoms with van der Waals surface area (Å²) < 4.78 is 7.23. The lowest BCUT2D eigenvalue weighted by Crippen LogP contribution is -2.34. The van der Waals surface area contributed by atoms with E-state index in [0.29, 0.717) is 0 Å². The maximum absolute atomic E-state index is 6.17. The number of benzene rings is 1. The van der Waals surface area contributed by atoms with Gasteiger partial charge in [0.1, 0.15) is 11.4 Å². The topological polar surface area (TPSA) is 21.3 Å². The highest BCUT2D eigenvalue weighted by Gasteiger charge is 2.46. The lowest BCUT2D eigenvalue weighted by Gasteiger charge is -2.19. The molecule has 2 aliphatic rings. The second kappa shape index (κ2) is 4.29. The molecule has 0 heterocycles. The van der Waals surface area contributed by atoms with Crippen LogP contribution in [0.1, 0.15) is 31.2 Å². The number of hydrogen-bond acceptors (Lipinski definition) is 2. The van der Waals surface area contributed by atoms with Crippen LogP contribution in [0.3, 0.4) is 0 Å². The van der Waals surface area contributed by atoms with E-state index >= 15 is 0 Å². The first-order valence-corrected chi connectivity index (χ1v) is 7.15. The van der Waals surface area contributed by atoms with Crippen LogP contribution in [-0.4, -0.2) is 18.2 Å². The van der Waals surface area contributed by atoms with Crippen molar-refractivity contribution in [3.63, 3.8) is 0 Å². The molecule has 17 heavy (non-hydrogen) atoms. The molecule has 1 aromatic carbocycles. The first-order valence-electron chi connectivity index (χ1n) is 6.35. The number of ether oxygens (including phenoxy) is 1. The zero-order valence-electron chi connectivity index (χ0n) is 10.1. The molecule has 0 unspecified atom stereocenters. The fourth-order valence-corrected chi connectivity index (χ4v) is 2.57. The molecule has 0 aliphatic heterocycles. The molecule has 3 heteroatoms. The molecule has 0 spiro atoms. The molecule has 2 saturated carbocycles. The van der Waals surface area contributed by atoms with Crippen molar-refractivity contribution in [3.8, 4) is 5.75 Å². The van der Waals surface area contributed by atoms with Crippen molar-refractivity contribution in [1.29, 1.82) is 0 Å². The number of hydrogen-bond donors (Lipinski definition) is 1. The van der Waals surface area contributed by atoms with Gasteiger partial charge in [-0.25, -0.2) is 0 Å². The van der Waals surface area contributed by atoms with Crippen LogP contribution in [0.25, 0.3) is 0 Å². The molecule has 2 fully saturated rings. The Kier molecular flexibility index (Phi) is 2.91. The van der Waals surface area contributed by atoms with Crippen molar-refractivity contribution < 1.29 is 4.74 Å². The average Bonchev–Trinajstić information content (AvgIpc) is 3.15. The third-order valence-electron chi connectivity index (χ3n) is 3.51. The van der Waals surface area contributed by atoms with Crippen LogP contribution in [0.4, 0.5) is 0 Å². The fraction of sp³-hybridized carbons (Fsp3) is 0.571. The molecule has 1 N–H and O–H groups in total. The van der Waals surface area contributed by atoms with Crippen molar-refractivity contribution in [1.82, 2.24) is 5.32 Å². The summed E-state index contributed by atoms with van der Waals surface area (Å²) >= 11 is 3.57. The summed E-state index contributed by atoms with van der Waals surface area (Å²) in [5, 5.41) is 3.57. The van der Waals surface area contributed by atoms with Crippen molar-refractivity contribution in [2.75, 3.05) is 6.54 Å². The zero-order chi connectivity index (χ0) is 11.9. The maximum atomic E-state index is 6.17. The van der Waals surface area contributed by atoms with Gasteiger partial charge in [-0.05, 0) is 66.2 Å². The summed E-state index contributed by atoms with van der Waals surface area (Å²) in [6.45, 7) is 3.09. The Hall–Kier alpha value is -0.540. The Bertz CT molecular complexity index is 424. The van der Waals surface area contributed by atoms with Crippen LogP contribution in [0, 0.1) is 6.92 Å². The Balaban J connectivity index is 1.64. The Morgan fingerprint density at radius 2 is 2.18 bits per heavy atom. The molecule has 0 bridgehead atoms. The number of rotatable bonds is 5. The highest BCUT2D eigenvalue weighted by Crippen LogP contribution is 2.42. The van der Waals surface area contributed by atoms with Crippen molar-refractivity contribution >= 4 is 15.9 Å². The van der Waals surface area contributed by atoms with Crippen LogP contribution < -0.4 is 10.1 Å². The molecule has 0 aromatic heterocycles. The molecule has 92 valence electrons. The first kappa shape index (κ1) is 11.5. The summed E-state index contributed by atoms with van der Waals surface area (Å²) in [6, 6.07) is 7.04. The minimum absolute atomic E-state index is 0.0698. The van der Waals surface area contributed by atoms with Crippen LogP contribution >= 0.6 is 15.9 Å². The van der Waals surface area contributed by atoms with Gasteiger partial charge in [-0.2, -0.15) is 0 Å². The summed E-state index contributed by atoms with van der Waals surface area (Å²) in [5.41, 5.74) is 1.32. The number of halogens is 1. The van der Waals surface area contributed by atoms with E-state index in [9.17, 15) is 0 Å². The summed E-state index contributed by atoms with van der Waals surface area (Å²) in [4.78, 5) is 0. The van der Waals surface area contributed by atoms with E-state index in [2.05, 4.69) is 46.4 Å². The summed E-state index contributed by atoms with van der Waals surface area (Å²) in [7, 11) is 0. The molecule has 0 atom stereocenters. The first-order chi connectivity index (χ1) is 8.17. The van der Waals surface area contributed by atoms with Gasteiger partial charge in [0.15, 0.2) is 0 Å². The largest absolute Gasteiger partial charge is 0.485 e. The van der Waals surface area contributed by atoms with E-state index in [1.807, 2.05) is 0 Å². The minimum Gasteiger partial charge on any atom is -0.485 e. The van der Waals surface area contributed by atoms with Crippen molar-refractivity contribution in [2.24, 2.45) is 0 Å². The molecular weight excluding hydrogens is 278 g/mol. The zero-order valence-corrected chi connectivity index (χ0v) is 11.7. The van der Waals surface area contributed by atoms with Gasteiger partial charge in [0, 0.05) is 12.6 Å². The molecule has 3 rings (SSSR count). The van der Waals surface area contributed by atoms with Gasteiger partial charge in [-0.15, -0.1) is 0 Å². The van der Waals surface area contributed by atoms with Gasteiger partial charge < -0.3 is 10.1 Å². The average molecular weight is 296 g/mol. The number of aryl methyl sites for hydroxylation is 1. The summed E-state index contributed by atoms with van der Waals surface area (Å²) in [5.74, 6) is 0.977. The quantitative estimate of drug-likeness (QED) is 0.899. The third-order valence-corrected chi connectivity index (χ3v) is 4.13. The second-order valence-electron chi connectivity index (χ2n) is 5.37. The van der Waals surface area contributed by atoms with Crippen LogP contribution in [0.5, 0.6) is 5.75 Å². The van der Waals surface area contributed by atoms with Gasteiger partial charge >= 0.3 is 0 Å². The van der Waals surface area contributed by atoms with Gasteiger partial charge in [0.2, 0.25) is 0 Å². The predicted octanol–water partition coefficient (Wildman–Crippen LogP) is 3.42. The second-order valence-corrected chi connectivity index (χ2v) is 6.23. The normalized spacial score (nSPS) is 21.3. The molecule has 0 saturated heterocycles. The van der Waals surface area contributed by atoms with Crippen LogP contribution in [0.2, 0.25) is 0 Å². The van der Waals surface area contributed by atoms with Crippen LogP contribution in [-0.2, 0) is 0 Å². The fourth-order valence-electron chi connectivity index (χ4n) is 1.99. The number of nitrogens with one attached hydrogen (secondary N) is 1. The standard InChI is InChI=1S/C14H18BrNO/c1-10-2-5-13(12(15)8-10)17-14(6-7-14)9-16-11-3-4-11/h2,5,8,11,16H,3-4,6-7,9H2,1H3. The van der Waals surface area contributed by atoms with E-state index in [1.54, 1.807) is 0 Å². The lowest BCUT2D eigenvalue weighted by molar-refractivity contribution is 0.173. The van der Waals surface area contributed by atoms with Gasteiger partial charge in [-0.3, -0.25) is 0 Å². The van der Waals surface area contributed by atoms with Crippen molar-refractivity contribution in [3.05, 3.63) is 28.2 Å². The maximum Gasteiger partial charge on any atom is 0.134 e. The minimum atomic E-state index is 0.0698. The highest BCUT2D eigenvalue weighted by molar-refractivity contribution is 9.10. The lowest BCUT2D eigenvalue weighted by atomic mass is 10.2. The van der Waals surface area contributed by atoms with E-state index in [-0.39, 0.29) is 5.60 Å². The van der Waals surface area contributed by atoms with E-state index in [0.717, 1.165) is 22.8 Å². The highest BCUT2D eigenvalue weighted by atomic mass is 79.9. The monoisotopic (exact) mass is 295 g/mol. The molecule has 2 nitrogen and oxygen atoms in total. The smallest absolute Gasteiger partial charge is 0.134 e. The predicted molar refractivity (Wildman–Crippen MR) is 72.5 cm³/mol. The SMILES string of the molecule is Cc1ccc(OC2(CNC3CC3)CC2)c(Br)c1. The Labute approximate surface area is 111 Å². The van der Waals surface area contributed by atoms with Gasteiger partial charge in [-0.1, -0.05) is 6.07 Å². The van der Waals surface area contributed by atoms with Crippen LogP contribution in [0.15, 0.2) is 22.7 Å². The molecule has 0 amide bonds. The molecule has 0 radical (unpaired) electrons. The van der Waals surface area contributed by atoms with Crippen molar-refractivity contribution in [2.45, 2.75) is 44.2 Å². The van der Waals surface area contributed by atoms with E-state index in [1.165, 1.54) is 31.2 Å². The van der Waals surface area contributed by atoms with Gasteiger partial charge in [0.25, 0.3) is 0 Å². The Morgan fingerprint density at radius 1 is 1.41 bits per heavy atom. The molecule has 1 aromatic rings. The molecular formula is C14H18BrNO. The molecule has 2 aliphatic carbocycles. The Morgan fingerprint density at radius 3 is 2.76 bits per heavy atom. The van der Waals surface area contributed by atoms with E-state index in [4.69, 9.17) is 4.74 Å². The van der Waals surface area contributed by atoms with Gasteiger partial charge in [0.05, 0.1) is 4.47 Å².